The highest BCUT2D eigenvalue weighted by atomic mass is 16.6. The third-order valence-electron chi connectivity index (χ3n) is 7.24. The molecule has 0 aliphatic heterocycles. The molecule has 7 nitrogen and oxygen atoms in total. The van der Waals surface area contributed by atoms with Gasteiger partial charge in [-0.3, -0.25) is 0 Å². The molecule has 0 aliphatic rings. The van der Waals surface area contributed by atoms with Gasteiger partial charge in [-0.05, 0) is 51.7 Å². The fourth-order valence-corrected chi connectivity index (χ4v) is 4.71. The highest BCUT2D eigenvalue weighted by Gasteiger charge is 2.22. The molecular weight excluding hydrogens is 568 g/mol. The van der Waals surface area contributed by atoms with E-state index in [0.29, 0.717) is 47.0 Å². The molecule has 0 radical (unpaired) electrons. The average Bonchev–Trinajstić information content (AvgIpc) is 3.03. The van der Waals surface area contributed by atoms with E-state index >= 15 is 0 Å². The first-order valence-electron chi connectivity index (χ1n) is 16.0. The zero-order valence-electron chi connectivity index (χ0n) is 27.3. The van der Waals surface area contributed by atoms with E-state index in [1.807, 2.05) is 54.6 Å². The first-order valence-corrected chi connectivity index (χ1v) is 16.0. The van der Waals surface area contributed by atoms with Crippen molar-refractivity contribution >= 4 is 22.7 Å². The molecule has 0 bridgehead atoms. The van der Waals surface area contributed by atoms with Crippen LogP contribution in [0.5, 0.6) is 23.0 Å². The molecule has 7 heteroatoms. The molecule has 0 amide bonds. The third-order valence-corrected chi connectivity index (χ3v) is 7.24. The lowest BCUT2D eigenvalue weighted by Crippen LogP contribution is -2.26. The summed E-state index contributed by atoms with van der Waals surface area (Å²) in [5.74, 6) is 1.31. The van der Waals surface area contributed by atoms with Crippen molar-refractivity contribution in [1.82, 2.24) is 0 Å². The van der Waals surface area contributed by atoms with Gasteiger partial charge in [0.25, 0.3) is 0 Å². The summed E-state index contributed by atoms with van der Waals surface area (Å²) in [4.78, 5) is 24.8. The number of rotatable bonds is 20. The molecule has 0 heterocycles. The van der Waals surface area contributed by atoms with Crippen molar-refractivity contribution in [3.63, 3.8) is 0 Å². The van der Waals surface area contributed by atoms with Crippen molar-refractivity contribution in [2.75, 3.05) is 13.2 Å². The van der Waals surface area contributed by atoms with E-state index in [0.717, 1.165) is 49.3 Å². The molecule has 0 saturated carbocycles. The summed E-state index contributed by atoms with van der Waals surface area (Å²) in [5, 5.41) is 1.59. The molecule has 3 aromatic rings. The summed E-state index contributed by atoms with van der Waals surface area (Å²) in [6.07, 6.45) is 6.46. The minimum Gasteiger partial charge on any atom is -0.489 e. The van der Waals surface area contributed by atoms with Crippen LogP contribution in [-0.2, 0) is 19.1 Å². The Morgan fingerprint density at radius 2 is 1.18 bits per heavy atom. The Bertz CT molecular complexity index is 1410. The van der Waals surface area contributed by atoms with Crippen LogP contribution in [0, 0.1) is 0 Å². The summed E-state index contributed by atoms with van der Waals surface area (Å²) in [7, 11) is 0. The van der Waals surface area contributed by atoms with Crippen molar-refractivity contribution < 1.29 is 33.3 Å². The molecule has 2 unspecified atom stereocenters. The Hall–Kier alpha value is -4.26. The first kappa shape index (κ1) is 35.2. The van der Waals surface area contributed by atoms with Crippen molar-refractivity contribution in [1.29, 1.82) is 0 Å². The molecule has 0 saturated heterocycles. The Morgan fingerprint density at radius 1 is 0.667 bits per heavy atom. The van der Waals surface area contributed by atoms with Crippen LogP contribution in [0.2, 0.25) is 0 Å². The minimum atomic E-state index is -0.452. The zero-order chi connectivity index (χ0) is 32.6. The summed E-state index contributed by atoms with van der Waals surface area (Å²) in [5.41, 5.74) is 0.695. The van der Waals surface area contributed by atoms with Crippen molar-refractivity contribution in [3.05, 3.63) is 85.0 Å². The predicted molar refractivity (Wildman–Crippen MR) is 179 cm³/mol. The van der Waals surface area contributed by atoms with E-state index in [1.165, 1.54) is 0 Å². The van der Waals surface area contributed by atoms with Gasteiger partial charge in [-0.2, -0.15) is 0 Å². The van der Waals surface area contributed by atoms with E-state index < -0.39 is 24.1 Å². The van der Waals surface area contributed by atoms with Crippen LogP contribution in [0.3, 0.4) is 0 Å². The Kier molecular flexibility index (Phi) is 14.5. The molecule has 242 valence electrons. The summed E-state index contributed by atoms with van der Waals surface area (Å²) >= 11 is 0. The highest BCUT2D eigenvalue weighted by Crippen LogP contribution is 2.43. The number of para-hydroxylation sites is 1. The van der Waals surface area contributed by atoms with E-state index in [9.17, 15) is 9.59 Å². The fourth-order valence-electron chi connectivity index (χ4n) is 4.71. The maximum Gasteiger partial charge on any atom is 0.333 e. The number of unbranched alkanes of at least 4 members (excludes halogenated alkanes) is 4. The number of esters is 2. The lowest BCUT2D eigenvalue weighted by Gasteiger charge is -2.23. The number of benzene rings is 3. The van der Waals surface area contributed by atoms with Crippen molar-refractivity contribution in [2.45, 2.75) is 91.3 Å². The van der Waals surface area contributed by atoms with Gasteiger partial charge in [-0.15, -0.1) is 0 Å². The van der Waals surface area contributed by atoms with Crippen LogP contribution < -0.4 is 14.2 Å². The van der Waals surface area contributed by atoms with Crippen LogP contribution in [0.4, 0.5) is 0 Å². The second-order valence-electron chi connectivity index (χ2n) is 11.4. The Labute approximate surface area is 268 Å². The number of hydrogen-bond acceptors (Lipinski definition) is 7. The lowest BCUT2D eigenvalue weighted by molar-refractivity contribution is -0.147. The predicted octanol–water partition coefficient (Wildman–Crippen LogP) is 9.53. The smallest absolute Gasteiger partial charge is 0.333 e. The number of fused-ring (bicyclic) bond motifs is 1. The lowest BCUT2D eigenvalue weighted by atomic mass is 10.1. The standard InChI is InChI=1S/C38H48O7/c1-7-9-12-20-30(44-37(39)27(3)4)25-41-34-24-35(43-29-18-14-11-15-19-29)36(33-23-17-16-22-32(33)34)42-26-31(21-13-10-8-2)45-38(40)28(5)6/h11,14-19,22-24,30-31H,3,5,7-10,12-13,20-21,25-26H2,1-2,4,6H3. The van der Waals surface area contributed by atoms with Crippen LogP contribution in [0.25, 0.3) is 10.8 Å². The summed E-state index contributed by atoms with van der Waals surface area (Å²) in [6, 6.07) is 19.0. The topological polar surface area (TPSA) is 80.3 Å². The van der Waals surface area contributed by atoms with Gasteiger partial charge in [-0.25, -0.2) is 9.59 Å². The molecule has 3 aromatic carbocycles. The van der Waals surface area contributed by atoms with Gasteiger partial charge in [0.1, 0.15) is 36.9 Å². The molecule has 0 N–H and O–H groups in total. The van der Waals surface area contributed by atoms with E-state index in [4.69, 9.17) is 23.7 Å². The molecule has 3 rings (SSSR count). The zero-order valence-corrected chi connectivity index (χ0v) is 27.3. The van der Waals surface area contributed by atoms with Crippen LogP contribution in [0.15, 0.2) is 85.0 Å². The van der Waals surface area contributed by atoms with Gasteiger partial charge in [0.05, 0.1) is 0 Å². The van der Waals surface area contributed by atoms with Gasteiger partial charge < -0.3 is 23.7 Å². The second kappa shape index (κ2) is 18.5. The van der Waals surface area contributed by atoms with Gasteiger partial charge in [0.15, 0.2) is 11.5 Å². The number of carbonyl (C=O) groups excluding carboxylic acids is 2. The maximum absolute atomic E-state index is 12.4. The third kappa shape index (κ3) is 11.3. The number of carbonyl (C=O) groups is 2. The summed E-state index contributed by atoms with van der Waals surface area (Å²) < 4.78 is 30.7. The monoisotopic (exact) mass is 616 g/mol. The molecule has 0 aromatic heterocycles. The van der Waals surface area contributed by atoms with Crippen molar-refractivity contribution in [3.8, 4) is 23.0 Å². The minimum absolute atomic E-state index is 0.147. The molecule has 45 heavy (non-hydrogen) atoms. The quantitative estimate of drug-likeness (QED) is 0.0710. The van der Waals surface area contributed by atoms with Gasteiger partial charge in [-0.1, -0.05) is 95.2 Å². The Morgan fingerprint density at radius 3 is 1.71 bits per heavy atom. The number of hydrogen-bond donors (Lipinski definition) is 0. The second-order valence-corrected chi connectivity index (χ2v) is 11.4. The number of ether oxygens (including phenoxy) is 5. The maximum atomic E-state index is 12.4. The molecule has 0 aliphatic carbocycles. The van der Waals surface area contributed by atoms with Crippen LogP contribution in [0.1, 0.15) is 79.1 Å². The largest absolute Gasteiger partial charge is 0.489 e. The first-order chi connectivity index (χ1) is 21.7. The van der Waals surface area contributed by atoms with Gasteiger partial charge in [0.2, 0.25) is 0 Å². The average molecular weight is 617 g/mol. The summed E-state index contributed by atoms with van der Waals surface area (Å²) in [6.45, 7) is 15.3. The molecular formula is C38H48O7. The van der Waals surface area contributed by atoms with Crippen LogP contribution >= 0.6 is 0 Å². The normalized spacial score (nSPS) is 12.2. The van der Waals surface area contributed by atoms with E-state index in [2.05, 4.69) is 27.0 Å². The molecule has 0 spiro atoms. The highest BCUT2D eigenvalue weighted by molar-refractivity contribution is 5.96. The molecule has 2 atom stereocenters. The van der Waals surface area contributed by atoms with E-state index in [-0.39, 0.29) is 13.2 Å². The fraction of sp³-hybridized carbons (Fsp3) is 0.421. The van der Waals surface area contributed by atoms with Gasteiger partial charge in [0, 0.05) is 28.0 Å². The Balaban J connectivity index is 1.97. The van der Waals surface area contributed by atoms with Crippen LogP contribution in [-0.4, -0.2) is 37.4 Å². The van der Waals surface area contributed by atoms with Gasteiger partial charge >= 0.3 is 11.9 Å². The SMILES string of the molecule is C=C(C)C(=O)OC(CCCCC)COc1cc(Oc2ccccc2)c(OCC(CCCCC)OC(=O)C(=C)C)c2ccccc12. The molecule has 0 fully saturated rings. The van der Waals surface area contributed by atoms with Crippen molar-refractivity contribution in [2.24, 2.45) is 0 Å². The van der Waals surface area contributed by atoms with E-state index in [1.54, 1.807) is 19.9 Å².